The minimum absolute atomic E-state index is 0.000596. The van der Waals surface area contributed by atoms with E-state index >= 15 is 0 Å². The van der Waals surface area contributed by atoms with Gasteiger partial charge in [-0.3, -0.25) is 14.9 Å². The van der Waals surface area contributed by atoms with E-state index in [1.54, 1.807) is 0 Å². The molecule has 2 aromatic carbocycles. The zero-order valence-electron chi connectivity index (χ0n) is 14.8. The monoisotopic (exact) mass is 372 g/mol. The SMILES string of the molecule is Cc1ccc(CC(C)N(C)S(=O)(=O)c2ccc3c(c2)C(=O)NC3=O)cc1. The van der Waals surface area contributed by atoms with Gasteiger partial charge in [-0.25, -0.2) is 8.42 Å². The van der Waals surface area contributed by atoms with E-state index < -0.39 is 21.8 Å². The van der Waals surface area contributed by atoms with E-state index in [1.807, 2.05) is 38.1 Å². The average Bonchev–Trinajstić information content (AvgIpc) is 2.90. The Labute approximate surface area is 152 Å². The second-order valence-electron chi connectivity index (χ2n) is 6.55. The highest BCUT2D eigenvalue weighted by Gasteiger charge is 2.31. The Bertz CT molecular complexity index is 981. The Balaban J connectivity index is 1.85. The first-order valence-electron chi connectivity index (χ1n) is 8.23. The maximum absolute atomic E-state index is 12.9. The summed E-state index contributed by atoms with van der Waals surface area (Å²) in [6.07, 6.45) is 0.569. The van der Waals surface area contributed by atoms with Crippen molar-refractivity contribution in [1.82, 2.24) is 9.62 Å². The van der Waals surface area contributed by atoms with Gasteiger partial charge in [0, 0.05) is 13.1 Å². The molecule has 1 unspecified atom stereocenters. The summed E-state index contributed by atoms with van der Waals surface area (Å²) in [6, 6.07) is 11.7. The summed E-state index contributed by atoms with van der Waals surface area (Å²) in [4.78, 5) is 23.4. The largest absolute Gasteiger partial charge is 0.288 e. The number of benzene rings is 2. The third kappa shape index (κ3) is 3.27. The number of hydrogen-bond donors (Lipinski definition) is 1. The summed E-state index contributed by atoms with van der Waals surface area (Å²) in [6.45, 7) is 3.83. The number of carbonyl (C=O) groups excluding carboxylic acids is 2. The van der Waals surface area contributed by atoms with Crippen LogP contribution in [0.5, 0.6) is 0 Å². The fourth-order valence-corrected chi connectivity index (χ4v) is 4.29. The predicted molar refractivity (Wildman–Crippen MR) is 97.5 cm³/mol. The molecule has 3 rings (SSSR count). The molecule has 0 aromatic heterocycles. The van der Waals surface area contributed by atoms with Crippen molar-refractivity contribution in [3.63, 3.8) is 0 Å². The Morgan fingerprint density at radius 3 is 2.27 bits per heavy atom. The molecule has 26 heavy (non-hydrogen) atoms. The summed E-state index contributed by atoms with van der Waals surface area (Å²) in [5.74, 6) is -1.08. The first-order chi connectivity index (χ1) is 12.2. The molecule has 1 N–H and O–H groups in total. The second-order valence-corrected chi connectivity index (χ2v) is 8.55. The van der Waals surface area contributed by atoms with Gasteiger partial charge in [-0.05, 0) is 44.0 Å². The number of nitrogens with zero attached hydrogens (tertiary/aromatic N) is 1. The van der Waals surface area contributed by atoms with Gasteiger partial charge in [-0.15, -0.1) is 0 Å². The molecule has 0 radical (unpaired) electrons. The van der Waals surface area contributed by atoms with E-state index in [1.165, 1.54) is 29.6 Å². The number of fused-ring (bicyclic) bond motifs is 1. The minimum atomic E-state index is -3.79. The van der Waals surface area contributed by atoms with Crippen molar-refractivity contribution < 1.29 is 18.0 Å². The third-order valence-electron chi connectivity index (χ3n) is 4.66. The van der Waals surface area contributed by atoms with Crippen LogP contribution in [-0.2, 0) is 16.4 Å². The van der Waals surface area contributed by atoms with Gasteiger partial charge in [-0.1, -0.05) is 29.8 Å². The lowest BCUT2D eigenvalue weighted by Gasteiger charge is -2.24. The maximum Gasteiger partial charge on any atom is 0.258 e. The van der Waals surface area contributed by atoms with Gasteiger partial charge in [0.05, 0.1) is 16.0 Å². The molecule has 0 bridgehead atoms. The normalized spacial score (nSPS) is 15.1. The van der Waals surface area contributed by atoms with Crippen LogP contribution in [0.15, 0.2) is 47.4 Å². The van der Waals surface area contributed by atoms with Gasteiger partial charge < -0.3 is 0 Å². The molecule has 0 aliphatic carbocycles. The molecular weight excluding hydrogens is 352 g/mol. The molecule has 1 aliphatic heterocycles. The molecule has 2 aromatic rings. The smallest absolute Gasteiger partial charge is 0.258 e. The van der Waals surface area contributed by atoms with Crippen molar-refractivity contribution in [2.75, 3.05) is 7.05 Å². The van der Waals surface area contributed by atoms with E-state index in [2.05, 4.69) is 5.32 Å². The second kappa shape index (κ2) is 6.66. The fraction of sp³-hybridized carbons (Fsp3) is 0.263. The molecule has 136 valence electrons. The Hall–Kier alpha value is -2.51. The molecular formula is C19H20N2O4S. The van der Waals surface area contributed by atoms with Crippen molar-refractivity contribution in [2.24, 2.45) is 0 Å². The molecule has 1 heterocycles. The number of aryl methyl sites for hydroxylation is 1. The van der Waals surface area contributed by atoms with Crippen molar-refractivity contribution in [1.29, 1.82) is 0 Å². The van der Waals surface area contributed by atoms with Crippen molar-refractivity contribution in [3.8, 4) is 0 Å². The number of imide groups is 1. The van der Waals surface area contributed by atoms with Crippen molar-refractivity contribution in [2.45, 2.75) is 31.2 Å². The topological polar surface area (TPSA) is 83.6 Å². The van der Waals surface area contributed by atoms with Crippen LogP contribution in [0, 0.1) is 6.92 Å². The van der Waals surface area contributed by atoms with Gasteiger partial charge >= 0.3 is 0 Å². The Morgan fingerprint density at radius 1 is 1.00 bits per heavy atom. The number of likely N-dealkylation sites (N-methyl/N-ethyl adjacent to an activating group) is 1. The number of carbonyl (C=O) groups is 2. The number of amides is 2. The van der Waals surface area contributed by atoms with E-state index in [4.69, 9.17) is 0 Å². The molecule has 1 aliphatic rings. The highest BCUT2D eigenvalue weighted by atomic mass is 32.2. The zero-order valence-corrected chi connectivity index (χ0v) is 15.6. The first kappa shape index (κ1) is 18.3. The number of rotatable bonds is 5. The molecule has 6 nitrogen and oxygen atoms in total. The van der Waals surface area contributed by atoms with Gasteiger partial charge in [-0.2, -0.15) is 4.31 Å². The lowest BCUT2D eigenvalue weighted by molar-refractivity contribution is 0.0879. The van der Waals surface area contributed by atoms with Crippen molar-refractivity contribution >= 4 is 21.8 Å². The highest BCUT2D eigenvalue weighted by Crippen LogP contribution is 2.24. The summed E-state index contributed by atoms with van der Waals surface area (Å²) in [7, 11) is -2.27. The molecule has 1 atom stereocenters. The highest BCUT2D eigenvalue weighted by molar-refractivity contribution is 7.89. The summed E-state index contributed by atoms with van der Waals surface area (Å²) in [5, 5.41) is 2.16. The third-order valence-corrected chi connectivity index (χ3v) is 6.62. The van der Waals surface area contributed by atoms with Gasteiger partial charge in [0.25, 0.3) is 11.8 Å². The van der Waals surface area contributed by atoms with E-state index in [9.17, 15) is 18.0 Å². The Kier molecular flexibility index (Phi) is 4.68. The molecule has 0 spiro atoms. The molecule has 0 saturated heterocycles. The first-order valence-corrected chi connectivity index (χ1v) is 9.67. The average molecular weight is 372 g/mol. The number of nitrogens with one attached hydrogen (secondary N) is 1. The summed E-state index contributed by atoms with van der Waals surface area (Å²) < 4.78 is 27.1. The standard InChI is InChI=1S/C19H20N2O4S/c1-12-4-6-14(7-5-12)10-13(2)21(3)26(24,25)15-8-9-16-17(11-15)19(23)20-18(16)22/h4-9,11,13H,10H2,1-3H3,(H,20,22,23). The zero-order chi connectivity index (χ0) is 19.1. The fourth-order valence-electron chi connectivity index (χ4n) is 2.90. The Morgan fingerprint density at radius 2 is 1.62 bits per heavy atom. The predicted octanol–water partition coefficient (Wildman–Crippen LogP) is 2.13. The van der Waals surface area contributed by atoms with E-state index in [0.717, 1.165) is 11.1 Å². The van der Waals surface area contributed by atoms with Crippen LogP contribution in [-0.4, -0.2) is 37.6 Å². The van der Waals surface area contributed by atoms with Crippen LogP contribution in [0.3, 0.4) is 0 Å². The van der Waals surface area contributed by atoms with Crippen LogP contribution in [0.2, 0.25) is 0 Å². The lowest BCUT2D eigenvalue weighted by Crippen LogP contribution is -2.36. The number of sulfonamides is 1. The summed E-state index contributed by atoms with van der Waals surface area (Å²) in [5.41, 5.74) is 2.48. The van der Waals surface area contributed by atoms with Gasteiger partial charge in [0.15, 0.2) is 0 Å². The minimum Gasteiger partial charge on any atom is -0.288 e. The lowest BCUT2D eigenvalue weighted by atomic mass is 10.1. The molecule has 0 fully saturated rings. The van der Waals surface area contributed by atoms with Crippen LogP contribution >= 0.6 is 0 Å². The van der Waals surface area contributed by atoms with Crippen LogP contribution < -0.4 is 5.32 Å². The quantitative estimate of drug-likeness (QED) is 0.815. The molecule has 7 heteroatoms. The van der Waals surface area contributed by atoms with Crippen molar-refractivity contribution in [3.05, 3.63) is 64.7 Å². The van der Waals surface area contributed by atoms with E-state index in [-0.39, 0.29) is 22.1 Å². The van der Waals surface area contributed by atoms with Gasteiger partial charge in [0.1, 0.15) is 0 Å². The van der Waals surface area contributed by atoms with E-state index in [0.29, 0.717) is 6.42 Å². The maximum atomic E-state index is 12.9. The van der Waals surface area contributed by atoms with Gasteiger partial charge in [0.2, 0.25) is 10.0 Å². The number of hydrogen-bond acceptors (Lipinski definition) is 4. The summed E-state index contributed by atoms with van der Waals surface area (Å²) >= 11 is 0. The van der Waals surface area contributed by atoms with Crippen LogP contribution in [0.25, 0.3) is 0 Å². The molecule has 2 amide bonds. The molecule has 0 saturated carbocycles. The van der Waals surface area contributed by atoms with Crippen LogP contribution in [0.4, 0.5) is 0 Å². The van der Waals surface area contributed by atoms with Crippen LogP contribution in [0.1, 0.15) is 38.8 Å².